The average molecular weight is 531 g/mol. The first-order valence-corrected chi connectivity index (χ1v) is 13.0. The van der Waals surface area contributed by atoms with Crippen LogP contribution in [0, 0.1) is 5.92 Å². The number of carbonyl (C=O) groups excluding carboxylic acids is 2. The lowest BCUT2D eigenvalue weighted by Gasteiger charge is -2.16. The molecule has 0 aromatic carbocycles. The van der Waals surface area contributed by atoms with Crippen molar-refractivity contribution in [2.75, 3.05) is 32.6 Å². The van der Waals surface area contributed by atoms with Crippen LogP contribution in [0.5, 0.6) is 0 Å². The molecule has 1 aliphatic heterocycles. The summed E-state index contributed by atoms with van der Waals surface area (Å²) in [7, 11) is 3.38. The number of aromatic nitrogens is 8. The zero-order chi connectivity index (χ0) is 26.9. The Morgan fingerprint density at radius 2 is 2.05 bits per heavy atom. The number of imidazole rings is 1. The summed E-state index contributed by atoms with van der Waals surface area (Å²) in [4.78, 5) is 30.6. The first-order valence-electron chi connectivity index (χ1n) is 13.0. The van der Waals surface area contributed by atoms with E-state index in [4.69, 9.17) is 4.74 Å². The van der Waals surface area contributed by atoms with Gasteiger partial charge in [-0.1, -0.05) is 0 Å². The molecule has 1 saturated carbocycles. The van der Waals surface area contributed by atoms with Crippen LogP contribution in [0.2, 0.25) is 0 Å². The zero-order valence-electron chi connectivity index (χ0n) is 21.9. The summed E-state index contributed by atoms with van der Waals surface area (Å²) in [5, 5.41) is 20.8. The SMILES string of the molecule is COCCN(C)C(=O)Cn1cc(C2=Cn3c(nnc3Cc3ccc4nc(NC(=O)C5CC5)cn4n3)CC2)cn1. The quantitative estimate of drug-likeness (QED) is 0.326. The lowest BCUT2D eigenvalue weighted by molar-refractivity contribution is -0.131. The number of hydrogen-bond donors (Lipinski definition) is 1. The molecule has 202 valence electrons. The number of aryl methyl sites for hydroxylation is 1. The predicted molar refractivity (Wildman–Crippen MR) is 141 cm³/mol. The van der Waals surface area contributed by atoms with E-state index in [1.165, 1.54) is 0 Å². The predicted octanol–water partition coefficient (Wildman–Crippen LogP) is 1.51. The van der Waals surface area contributed by atoms with E-state index in [2.05, 4.69) is 30.7 Å². The lowest BCUT2D eigenvalue weighted by atomic mass is 10.0. The van der Waals surface area contributed by atoms with E-state index in [0.717, 1.165) is 54.2 Å². The van der Waals surface area contributed by atoms with Crippen molar-refractivity contribution in [3.05, 3.63) is 53.6 Å². The molecule has 1 aliphatic carbocycles. The highest BCUT2D eigenvalue weighted by Gasteiger charge is 2.30. The van der Waals surface area contributed by atoms with Crippen molar-refractivity contribution in [3.63, 3.8) is 0 Å². The number of amides is 2. The van der Waals surface area contributed by atoms with E-state index in [0.29, 0.717) is 31.0 Å². The van der Waals surface area contributed by atoms with E-state index < -0.39 is 0 Å². The van der Waals surface area contributed by atoms with E-state index in [-0.39, 0.29) is 24.3 Å². The second-order valence-corrected chi connectivity index (χ2v) is 9.99. The number of allylic oxidation sites excluding steroid dienone is 1. The number of nitrogens with zero attached hydrogens (tertiary/aromatic N) is 9. The standard InChI is InChI=1S/C26H30N10O3/c1-33(9-10-39-2)25(37)16-34-13-19(12-27-34)18-5-7-23-30-31-24(35(23)14-18)11-20-6-8-22-28-21(15-36(22)32-20)29-26(38)17-3-4-17/h6,8,12-15,17H,3-5,7,9-11,16H2,1-2H3,(H,29,38). The Morgan fingerprint density at radius 1 is 1.18 bits per heavy atom. The molecule has 2 amide bonds. The van der Waals surface area contributed by atoms with Crippen LogP contribution in [0.1, 0.15) is 42.2 Å². The van der Waals surface area contributed by atoms with Crippen LogP contribution in [0.25, 0.3) is 17.4 Å². The van der Waals surface area contributed by atoms with Crippen LogP contribution in [-0.4, -0.2) is 83.2 Å². The van der Waals surface area contributed by atoms with Crippen molar-refractivity contribution >= 4 is 35.1 Å². The largest absolute Gasteiger partial charge is 0.383 e. The Bertz CT molecular complexity index is 1560. The molecule has 0 atom stereocenters. The third kappa shape index (κ3) is 5.43. The fourth-order valence-corrected chi connectivity index (χ4v) is 4.53. The average Bonchev–Trinajstić information content (AvgIpc) is 3.37. The zero-order valence-corrected chi connectivity index (χ0v) is 21.9. The Hall–Kier alpha value is -4.39. The summed E-state index contributed by atoms with van der Waals surface area (Å²) in [5.74, 6) is 2.28. The first-order chi connectivity index (χ1) is 19.0. The summed E-state index contributed by atoms with van der Waals surface area (Å²) >= 11 is 0. The van der Waals surface area contributed by atoms with Gasteiger partial charge in [0.25, 0.3) is 0 Å². The van der Waals surface area contributed by atoms with Crippen LogP contribution in [-0.2, 0) is 33.7 Å². The number of ether oxygens (including phenoxy) is 1. The normalized spacial score (nSPS) is 14.8. The van der Waals surface area contributed by atoms with Gasteiger partial charge in [0.1, 0.15) is 18.2 Å². The van der Waals surface area contributed by atoms with Crippen molar-refractivity contribution in [2.24, 2.45) is 5.92 Å². The van der Waals surface area contributed by atoms with Crippen molar-refractivity contribution in [1.82, 2.24) is 44.0 Å². The van der Waals surface area contributed by atoms with E-state index in [1.54, 1.807) is 40.6 Å². The van der Waals surface area contributed by atoms with Gasteiger partial charge in [-0.2, -0.15) is 10.2 Å². The minimum absolute atomic E-state index is 0.0165. The van der Waals surface area contributed by atoms with E-state index >= 15 is 0 Å². The number of fused-ring (bicyclic) bond motifs is 2. The van der Waals surface area contributed by atoms with Crippen LogP contribution in [0.4, 0.5) is 5.82 Å². The lowest BCUT2D eigenvalue weighted by Crippen LogP contribution is -2.32. The maximum atomic E-state index is 12.5. The van der Waals surface area contributed by atoms with Crippen molar-refractivity contribution in [3.8, 4) is 0 Å². The van der Waals surface area contributed by atoms with Gasteiger partial charge in [-0.05, 0) is 37.0 Å². The molecule has 5 heterocycles. The minimum Gasteiger partial charge on any atom is -0.383 e. The molecule has 0 radical (unpaired) electrons. The number of methoxy groups -OCH3 is 1. The number of likely N-dealkylation sites (N-methyl/N-ethyl adjacent to an activating group) is 1. The topological polar surface area (TPSA) is 137 Å². The fraction of sp³-hybridized carbons (Fsp3) is 0.423. The van der Waals surface area contributed by atoms with Gasteiger partial charge >= 0.3 is 0 Å². The van der Waals surface area contributed by atoms with E-state index in [9.17, 15) is 9.59 Å². The Labute approximate surface area is 224 Å². The van der Waals surface area contributed by atoms with Crippen molar-refractivity contribution in [1.29, 1.82) is 0 Å². The summed E-state index contributed by atoms with van der Waals surface area (Å²) in [5.41, 5.74) is 3.53. The molecule has 0 bridgehead atoms. The summed E-state index contributed by atoms with van der Waals surface area (Å²) in [6, 6.07) is 3.79. The molecule has 1 N–H and O–H groups in total. The Morgan fingerprint density at radius 3 is 2.87 bits per heavy atom. The molecule has 1 fully saturated rings. The number of hydrogen-bond acceptors (Lipinski definition) is 8. The molecule has 0 saturated heterocycles. The molecular weight excluding hydrogens is 500 g/mol. The molecule has 39 heavy (non-hydrogen) atoms. The van der Waals surface area contributed by atoms with Gasteiger partial charge in [-0.25, -0.2) is 9.50 Å². The maximum Gasteiger partial charge on any atom is 0.244 e. The van der Waals surface area contributed by atoms with Crippen LogP contribution >= 0.6 is 0 Å². The molecule has 4 aromatic heterocycles. The highest BCUT2D eigenvalue weighted by atomic mass is 16.5. The molecular formula is C26H30N10O3. The highest BCUT2D eigenvalue weighted by Crippen LogP contribution is 2.30. The van der Waals surface area contributed by atoms with Gasteiger partial charge in [0.2, 0.25) is 11.8 Å². The third-order valence-electron chi connectivity index (χ3n) is 7.01. The summed E-state index contributed by atoms with van der Waals surface area (Å²) in [6.45, 7) is 1.20. The molecule has 6 rings (SSSR count). The van der Waals surface area contributed by atoms with Crippen LogP contribution in [0.3, 0.4) is 0 Å². The monoisotopic (exact) mass is 530 g/mol. The minimum atomic E-state index is -0.0255. The van der Waals surface area contributed by atoms with Crippen LogP contribution < -0.4 is 5.32 Å². The fourth-order valence-electron chi connectivity index (χ4n) is 4.53. The summed E-state index contributed by atoms with van der Waals surface area (Å²) < 4.78 is 10.4. The molecule has 0 spiro atoms. The van der Waals surface area contributed by atoms with Gasteiger partial charge in [0.15, 0.2) is 11.5 Å². The molecule has 13 nitrogen and oxygen atoms in total. The Balaban J connectivity index is 1.16. The Kier molecular flexibility index (Phi) is 6.65. The number of rotatable bonds is 10. The second kappa shape index (κ2) is 10.4. The molecule has 13 heteroatoms. The second-order valence-electron chi connectivity index (χ2n) is 9.99. The van der Waals surface area contributed by atoms with Gasteiger partial charge < -0.3 is 15.0 Å². The van der Waals surface area contributed by atoms with E-state index in [1.807, 2.05) is 29.1 Å². The molecule has 0 unspecified atom stereocenters. The smallest absolute Gasteiger partial charge is 0.244 e. The third-order valence-corrected chi connectivity index (χ3v) is 7.01. The van der Waals surface area contributed by atoms with Crippen molar-refractivity contribution in [2.45, 2.75) is 38.6 Å². The van der Waals surface area contributed by atoms with Gasteiger partial charge in [-0.15, -0.1) is 10.2 Å². The van der Waals surface area contributed by atoms with Crippen LogP contribution in [0.15, 0.2) is 30.7 Å². The maximum absolute atomic E-state index is 12.5. The van der Waals surface area contributed by atoms with Gasteiger partial charge in [0.05, 0.1) is 31.1 Å². The van der Waals surface area contributed by atoms with Crippen molar-refractivity contribution < 1.29 is 14.3 Å². The summed E-state index contributed by atoms with van der Waals surface area (Å²) in [6.07, 6.45) is 11.4. The number of anilines is 1. The number of carbonyl (C=O) groups is 2. The molecule has 4 aromatic rings. The van der Waals surface area contributed by atoms with Gasteiger partial charge in [-0.3, -0.25) is 18.8 Å². The van der Waals surface area contributed by atoms with Gasteiger partial charge in [0, 0.05) is 51.0 Å². The first kappa shape index (κ1) is 24.9. The molecule has 2 aliphatic rings. The number of nitrogens with one attached hydrogen (secondary N) is 1. The highest BCUT2D eigenvalue weighted by molar-refractivity contribution is 5.93.